The zero-order valence-electron chi connectivity index (χ0n) is 24.4. The highest BCUT2D eigenvalue weighted by Gasteiger charge is 2.71. The average molecular weight is 610 g/mol. The minimum absolute atomic E-state index is 0.0155. The molecule has 12 heteroatoms. The van der Waals surface area contributed by atoms with Crippen LogP contribution in [0.15, 0.2) is 36.1 Å². The molecule has 11 nitrogen and oxygen atoms in total. The molecule has 2 aliphatic carbocycles. The molecule has 0 unspecified atom stereocenters. The highest BCUT2D eigenvalue weighted by molar-refractivity contribution is 6.30. The number of carbonyl (C=O) groups is 2. The summed E-state index contributed by atoms with van der Waals surface area (Å²) in [7, 11) is 4.50. The lowest BCUT2D eigenvalue weighted by Crippen LogP contribution is -2.59. The van der Waals surface area contributed by atoms with Gasteiger partial charge in [-0.2, -0.15) is 0 Å². The van der Waals surface area contributed by atoms with Crippen LogP contribution < -0.4 is 0 Å². The summed E-state index contributed by atoms with van der Waals surface area (Å²) in [6.07, 6.45) is 2.86. The van der Waals surface area contributed by atoms with Gasteiger partial charge in [-0.15, -0.1) is 0 Å². The zero-order chi connectivity index (χ0) is 30.3. The molecule has 1 spiro atoms. The summed E-state index contributed by atoms with van der Waals surface area (Å²) in [5.41, 5.74) is -0.185. The standard InChI is InChI=1S/C30H40ClNO10/c1-14-8-15(2)30-20(18(11-37-3)28(35)40-25(14)22(33)13-39-5)7-6-17-23(30)24(34)19(12-38-4)26(27(17)42-30)41-29(36)21-9-16(31)10-32-21/h6-10,14,17-20,22-27,32-34H,11-13H2,1-5H3/b15-8+/t14-,17-,18-,19-,20-,22-,23+,24-,25+,26-,27-,30+/m1/s1. The van der Waals surface area contributed by atoms with Gasteiger partial charge in [0, 0.05) is 57.1 Å². The lowest BCUT2D eigenvalue weighted by atomic mass is 9.56. The molecule has 2 aliphatic heterocycles. The van der Waals surface area contributed by atoms with Crippen LogP contribution in [-0.2, 0) is 33.2 Å². The Morgan fingerprint density at radius 3 is 2.57 bits per heavy atom. The number of hydrogen-bond acceptors (Lipinski definition) is 10. The zero-order valence-corrected chi connectivity index (χ0v) is 25.2. The highest BCUT2D eigenvalue weighted by atomic mass is 35.5. The van der Waals surface area contributed by atoms with Crippen molar-refractivity contribution in [2.24, 2.45) is 35.5 Å². The van der Waals surface area contributed by atoms with E-state index in [0.717, 1.165) is 5.57 Å². The van der Waals surface area contributed by atoms with Crippen molar-refractivity contribution in [2.45, 2.75) is 50.0 Å². The second-order valence-electron chi connectivity index (χ2n) is 11.8. The number of aromatic amines is 1. The maximum atomic E-state index is 13.8. The van der Waals surface area contributed by atoms with Crippen molar-refractivity contribution >= 4 is 23.5 Å². The first kappa shape index (κ1) is 31.2. The molecule has 4 bridgehead atoms. The minimum Gasteiger partial charge on any atom is -0.459 e. The highest BCUT2D eigenvalue weighted by Crippen LogP contribution is 2.62. The predicted octanol–water partition coefficient (Wildman–Crippen LogP) is 2.16. The number of halogens is 1. The normalized spacial score (nSPS) is 41.0. The molecule has 3 N–H and O–H groups in total. The number of aliphatic hydroxyl groups is 2. The maximum Gasteiger partial charge on any atom is 0.355 e. The number of methoxy groups -OCH3 is 3. The van der Waals surface area contributed by atoms with Crippen LogP contribution in [0.4, 0.5) is 0 Å². The van der Waals surface area contributed by atoms with Gasteiger partial charge in [-0.05, 0) is 18.6 Å². The first-order valence-electron chi connectivity index (χ1n) is 14.2. The molecule has 1 saturated carbocycles. The summed E-state index contributed by atoms with van der Waals surface area (Å²) in [5, 5.41) is 23.3. The number of esters is 2. The number of nitrogens with one attached hydrogen (secondary N) is 1. The summed E-state index contributed by atoms with van der Waals surface area (Å²) < 4.78 is 35.1. The van der Waals surface area contributed by atoms with E-state index >= 15 is 0 Å². The summed E-state index contributed by atoms with van der Waals surface area (Å²) in [6.45, 7) is 3.90. The largest absolute Gasteiger partial charge is 0.459 e. The predicted molar refractivity (Wildman–Crippen MR) is 150 cm³/mol. The van der Waals surface area contributed by atoms with Gasteiger partial charge in [-0.1, -0.05) is 36.8 Å². The monoisotopic (exact) mass is 609 g/mol. The molecule has 42 heavy (non-hydrogen) atoms. The van der Waals surface area contributed by atoms with Crippen molar-refractivity contribution in [2.75, 3.05) is 41.2 Å². The summed E-state index contributed by atoms with van der Waals surface area (Å²) in [5.74, 6) is -4.38. The van der Waals surface area contributed by atoms with Crippen LogP contribution in [0.1, 0.15) is 24.3 Å². The van der Waals surface area contributed by atoms with Crippen LogP contribution in [0, 0.1) is 35.5 Å². The lowest BCUT2D eigenvalue weighted by molar-refractivity contribution is -0.173. The van der Waals surface area contributed by atoms with Gasteiger partial charge in [0.2, 0.25) is 0 Å². The molecule has 1 aromatic heterocycles. The Bertz CT molecular complexity index is 1220. The molecule has 4 aliphatic rings. The summed E-state index contributed by atoms with van der Waals surface area (Å²) in [4.78, 5) is 29.8. The molecule has 1 aromatic rings. The van der Waals surface area contributed by atoms with Crippen molar-refractivity contribution in [1.82, 2.24) is 4.98 Å². The van der Waals surface area contributed by atoms with Gasteiger partial charge in [0.25, 0.3) is 0 Å². The third kappa shape index (κ3) is 5.12. The van der Waals surface area contributed by atoms with Gasteiger partial charge >= 0.3 is 11.9 Å². The third-order valence-corrected chi connectivity index (χ3v) is 9.60. The van der Waals surface area contributed by atoms with E-state index in [1.807, 2.05) is 32.1 Å². The molecule has 0 radical (unpaired) electrons. The van der Waals surface area contributed by atoms with Crippen molar-refractivity contribution in [3.8, 4) is 0 Å². The average Bonchev–Trinajstić information content (AvgIpc) is 3.47. The van der Waals surface area contributed by atoms with Gasteiger partial charge in [-0.25, -0.2) is 4.79 Å². The minimum atomic E-state index is -1.15. The van der Waals surface area contributed by atoms with Crippen molar-refractivity contribution < 1.29 is 48.2 Å². The van der Waals surface area contributed by atoms with Crippen LogP contribution in [0.25, 0.3) is 0 Å². The fraction of sp³-hybridized carbons (Fsp3) is 0.667. The van der Waals surface area contributed by atoms with Crippen LogP contribution >= 0.6 is 11.6 Å². The molecule has 0 aromatic carbocycles. The summed E-state index contributed by atoms with van der Waals surface area (Å²) in [6, 6.07) is 1.47. The van der Waals surface area contributed by atoms with Gasteiger partial charge in [0.1, 0.15) is 35.7 Å². The van der Waals surface area contributed by atoms with Crippen molar-refractivity contribution in [3.05, 3.63) is 46.8 Å². The number of H-pyrrole nitrogens is 1. The van der Waals surface area contributed by atoms with Gasteiger partial charge < -0.3 is 43.6 Å². The second kappa shape index (κ2) is 12.4. The first-order chi connectivity index (χ1) is 20.1. The van der Waals surface area contributed by atoms with E-state index in [2.05, 4.69) is 4.98 Å². The fourth-order valence-electron chi connectivity index (χ4n) is 7.67. The number of aromatic nitrogens is 1. The van der Waals surface area contributed by atoms with E-state index < -0.39 is 77.6 Å². The van der Waals surface area contributed by atoms with Crippen LogP contribution in [0.5, 0.6) is 0 Å². The third-order valence-electron chi connectivity index (χ3n) is 9.38. The van der Waals surface area contributed by atoms with E-state index in [-0.39, 0.29) is 31.4 Å². The van der Waals surface area contributed by atoms with Crippen LogP contribution in [0.2, 0.25) is 5.02 Å². The van der Waals surface area contributed by atoms with E-state index in [1.54, 1.807) is 0 Å². The number of aliphatic hydroxyl groups excluding tert-OH is 2. The van der Waals surface area contributed by atoms with E-state index in [9.17, 15) is 19.8 Å². The number of ether oxygens (including phenoxy) is 6. The Morgan fingerprint density at radius 2 is 1.93 bits per heavy atom. The van der Waals surface area contributed by atoms with E-state index in [4.69, 9.17) is 40.0 Å². The number of hydrogen-bond donors (Lipinski definition) is 3. The Kier molecular flexibility index (Phi) is 9.20. The molecular weight excluding hydrogens is 570 g/mol. The maximum absolute atomic E-state index is 13.8. The quantitative estimate of drug-likeness (QED) is 0.281. The molecule has 232 valence electrons. The molecule has 12 atom stereocenters. The lowest BCUT2D eigenvalue weighted by Gasteiger charge is -2.49. The Morgan fingerprint density at radius 1 is 1.19 bits per heavy atom. The first-order valence-corrected chi connectivity index (χ1v) is 14.6. The van der Waals surface area contributed by atoms with Crippen LogP contribution in [0.3, 0.4) is 0 Å². The van der Waals surface area contributed by atoms with E-state index in [1.165, 1.54) is 33.6 Å². The van der Waals surface area contributed by atoms with Gasteiger partial charge in [0.15, 0.2) is 0 Å². The molecule has 5 rings (SSSR count). The molecule has 1 saturated heterocycles. The van der Waals surface area contributed by atoms with Crippen LogP contribution in [-0.4, -0.2) is 104 Å². The SMILES string of the molecule is COC[C@@H]1[C@@H](O)[C@@H]2[C@H]3C=C[C@@H]4[C@@H](COC)C(=O)O[C@H]([C@H](O)COC)[C@H](C)/C=C(\C)[C@@]24O[C@H]3[C@@H]1OC(=O)c1cc(Cl)c[nH]1. The Hall–Kier alpha value is -2.25. The number of carbonyl (C=O) groups excluding carboxylic acids is 2. The molecule has 2 fully saturated rings. The fourth-order valence-corrected chi connectivity index (χ4v) is 7.83. The Labute approximate surface area is 250 Å². The van der Waals surface area contributed by atoms with Crippen molar-refractivity contribution in [3.63, 3.8) is 0 Å². The number of cyclic esters (lactones) is 1. The summed E-state index contributed by atoms with van der Waals surface area (Å²) >= 11 is 6.02. The van der Waals surface area contributed by atoms with Gasteiger partial charge in [-0.3, -0.25) is 4.79 Å². The number of rotatable bonds is 9. The van der Waals surface area contributed by atoms with E-state index in [0.29, 0.717) is 5.02 Å². The second-order valence-corrected chi connectivity index (χ2v) is 12.2. The molecule has 3 heterocycles. The topological polar surface area (TPSA) is 146 Å². The Balaban J connectivity index is 1.60. The smallest absolute Gasteiger partial charge is 0.355 e. The molecule has 0 amide bonds. The van der Waals surface area contributed by atoms with Crippen molar-refractivity contribution in [1.29, 1.82) is 0 Å². The molecular formula is C30H40ClNO10. The van der Waals surface area contributed by atoms with Gasteiger partial charge in [0.05, 0.1) is 36.9 Å².